The maximum Gasteiger partial charge on any atom is 0.246 e. The zero-order chi connectivity index (χ0) is 19.2. The van der Waals surface area contributed by atoms with Gasteiger partial charge < -0.3 is 15.4 Å². The second-order valence-electron chi connectivity index (χ2n) is 8.52. The van der Waals surface area contributed by atoms with E-state index in [-0.39, 0.29) is 18.6 Å². The van der Waals surface area contributed by atoms with E-state index in [0.29, 0.717) is 12.6 Å². The Balaban J connectivity index is 1.54. The fourth-order valence-corrected chi connectivity index (χ4v) is 4.32. The maximum absolute atomic E-state index is 12.1. The molecular weight excluding hydrogens is 336 g/mol. The van der Waals surface area contributed by atoms with E-state index in [1.165, 1.54) is 83.5 Å². The molecular formula is C23H42N2O2. The summed E-state index contributed by atoms with van der Waals surface area (Å²) in [5.41, 5.74) is 1.05. The second-order valence-corrected chi connectivity index (χ2v) is 8.52. The van der Waals surface area contributed by atoms with Crippen LogP contribution in [0.25, 0.3) is 0 Å². The lowest BCUT2D eigenvalue weighted by molar-refractivity contribution is -0.128. The molecule has 0 spiro atoms. The van der Waals surface area contributed by atoms with Crippen LogP contribution in [-0.2, 0) is 9.53 Å². The van der Waals surface area contributed by atoms with Crippen LogP contribution >= 0.6 is 0 Å². The predicted molar refractivity (Wildman–Crippen MR) is 113 cm³/mol. The molecule has 2 fully saturated rings. The molecule has 0 saturated heterocycles. The van der Waals surface area contributed by atoms with E-state index in [1.807, 2.05) is 0 Å². The SMILES string of the molecule is C=C(CCNC(=O)COC1CCCCCCCC1)NC1CCCCCCC1. The van der Waals surface area contributed by atoms with Gasteiger partial charge >= 0.3 is 0 Å². The van der Waals surface area contributed by atoms with Gasteiger partial charge in [0, 0.05) is 24.7 Å². The van der Waals surface area contributed by atoms with E-state index < -0.39 is 0 Å². The van der Waals surface area contributed by atoms with Crippen molar-refractivity contribution in [2.24, 2.45) is 0 Å². The molecule has 4 nitrogen and oxygen atoms in total. The molecule has 2 N–H and O–H groups in total. The monoisotopic (exact) mass is 378 g/mol. The first kappa shape index (κ1) is 22.3. The average Bonchev–Trinajstić information content (AvgIpc) is 2.76. The van der Waals surface area contributed by atoms with Crippen molar-refractivity contribution < 1.29 is 9.53 Å². The smallest absolute Gasteiger partial charge is 0.246 e. The third-order valence-corrected chi connectivity index (χ3v) is 6.01. The molecule has 0 bridgehead atoms. The largest absolute Gasteiger partial charge is 0.386 e. The van der Waals surface area contributed by atoms with E-state index >= 15 is 0 Å². The minimum absolute atomic E-state index is 0.00799. The van der Waals surface area contributed by atoms with Gasteiger partial charge in [0.2, 0.25) is 5.91 Å². The summed E-state index contributed by atoms with van der Waals surface area (Å²) in [5, 5.41) is 6.57. The molecule has 2 saturated carbocycles. The van der Waals surface area contributed by atoms with Crippen LogP contribution in [0.4, 0.5) is 0 Å². The second kappa shape index (κ2) is 14.0. The summed E-state index contributed by atoms with van der Waals surface area (Å²) in [6.07, 6.45) is 20.3. The first-order valence-corrected chi connectivity index (χ1v) is 11.6. The lowest BCUT2D eigenvalue weighted by Crippen LogP contribution is -2.33. The molecule has 0 unspecified atom stereocenters. The van der Waals surface area contributed by atoms with Crippen LogP contribution in [0.2, 0.25) is 0 Å². The zero-order valence-corrected chi connectivity index (χ0v) is 17.4. The first-order valence-electron chi connectivity index (χ1n) is 11.6. The number of carbonyl (C=O) groups excluding carboxylic acids is 1. The van der Waals surface area contributed by atoms with Crippen molar-refractivity contribution in [2.45, 2.75) is 115 Å². The maximum atomic E-state index is 12.1. The van der Waals surface area contributed by atoms with Crippen molar-refractivity contribution in [3.63, 3.8) is 0 Å². The Bertz CT molecular complexity index is 407. The van der Waals surface area contributed by atoms with E-state index in [4.69, 9.17) is 4.74 Å². The summed E-state index contributed by atoms with van der Waals surface area (Å²) >= 11 is 0. The van der Waals surface area contributed by atoms with Crippen LogP contribution in [-0.4, -0.2) is 31.2 Å². The van der Waals surface area contributed by atoms with Gasteiger partial charge in [0.1, 0.15) is 6.61 Å². The summed E-state index contributed by atoms with van der Waals surface area (Å²) in [7, 11) is 0. The van der Waals surface area contributed by atoms with Crippen LogP contribution in [0.15, 0.2) is 12.3 Å². The number of amides is 1. The Morgan fingerprint density at radius 3 is 1.93 bits per heavy atom. The highest BCUT2D eigenvalue weighted by Crippen LogP contribution is 2.19. The molecule has 0 aromatic carbocycles. The van der Waals surface area contributed by atoms with Crippen molar-refractivity contribution >= 4 is 5.91 Å². The topological polar surface area (TPSA) is 50.4 Å². The van der Waals surface area contributed by atoms with Gasteiger partial charge in [-0.1, -0.05) is 77.2 Å². The number of hydrogen-bond acceptors (Lipinski definition) is 3. The third-order valence-electron chi connectivity index (χ3n) is 6.01. The lowest BCUT2D eigenvalue weighted by atomic mass is 9.96. The van der Waals surface area contributed by atoms with Gasteiger partial charge in [0.15, 0.2) is 0 Å². The lowest BCUT2D eigenvalue weighted by Gasteiger charge is -2.23. The third kappa shape index (κ3) is 10.8. The minimum atomic E-state index is 0.00799. The average molecular weight is 379 g/mol. The van der Waals surface area contributed by atoms with Crippen molar-refractivity contribution in [3.8, 4) is 0 Å². The summed E-state index contributed by atoms with van der Waals surface area (Å²) in [6, 6.07) is 0.570. The summed E-state index contributed by atoms with van der Waals surface area (Å²) in [5.74, 6) is 0.00799. The van der Waals surface area contributed by atoms with E-state index in [2.05, 4.69) is 17.2 Å². The normalized spacial score (nSPS) is 21.2. The summed E-state index contributed by atoms with van der Waals surface area (Å²) < 4.78 is 5.89. The van der Waals surface area contributed by atoms with Gasteiger partial charge in [-0.25, -0.2) is 0 Å². The van der Waals surface area contributed by atoms with Crippen LogP contribution < -0.4 is 10.6 Å². The number of carbonyl (C=O) groups is 1. The van der Waals surface area contributed by atoms with Crippen LogP contribution in [0.5, 0.6) is 0 Å². The van der Waals surface area contributed by atoms with E-state index in [1.54, 1.807) is 0 Å². The highest BCUT2D eigenvalue weighted by atomic mass is 16.5. The number of ether oxygens (including phenoxy) is 1. The van der Waals surface area contributed by atoms with E-state index in [9.17, 15) is 4.79 Å². The van der Waals surface area contributed by atoms with Gasteiger partial charge in [-0.15, -0.1) is 0 Å². The zero-order valence-electron chi connectivity index (χ0n) is 17.4. The summed E-state index contributed by atoms with van der Waals surface area (Å²) in [4.78, 5) is 12.1. The van der Waals surface area contributed by atoms with Crippen LogP contribution in [0.1, 0.15) is 103 Å². The molecule has 0 heterocycles. The molecule has 0 aliphatic heterocycles. The van der Waals surface area contributed by atoms with Crippen molar-refractivity contribution in [2.75, 3.05) is 13.2 Å². The number of nitrogens with one attached hydrogen (secondary N) is 2. The molecule has 0 atom stereocenters. The molecule has 0 radical (unpaired) electrons. The summed E-state index contributed by atoms with van der Waals surface area (Å²) in [6.45, 7) is 5.00. The first-order chi connectivity index (χ1) is 13.2. The molecule has 156 valence electrons. The highest BCUT2D eigenvalue weighted by Gasteiger charge is 2.14. The van der Waals surface area contributed by atoms with Gasteiger partial charge in [0.05, 0.1) is 6.10 Å². The molecule has 1 amide bonds. The number of hydrogen-bond donors (Lipinski definition) is 2. The quantitative estimate of drug-likeness (QED) is 0.608. The Morgan fingerprint density at radius 2 is 1.33 bits per heavy atom. The molecule has 2 rings (SSSR count). The van der Waals surface area contributed by atoms with Crippen molar-refractivity contribution in [1.29, 1.82) is 0 Å². The van der Waals surface area contributed by atoms with Crippen molar-refractivity contribution in [1.82, 2.24) is 10.6 Å². The van der Waals surface area contributed by atoms with Gasteiger partial charge in [0.25, 0.3) is 0 Å². The Morgan fingerprint density at radius 1 is 0.815 bits per heavy atom. The van der Waals surface area contributed by atoms with E-state index in [0.717, 1.165) is 25.0 Å². The van der Waals surface area contributed by atoms with Gasteiger partial charge in [-0.05, 0) is 25.7 Å². The standard InChI is InChI=1S/C23H42N2O2/c1-20(25-21-13-9-5-4-6-10-14-21)17-18-24-23(26)19-27-22-15-11-7-2-3-8-12-16-22/h21-22,25H,1-19H2,(H,24,26). The van der Waals surface area contributed by atoms with Crippen LogP contribution in [0.3, 0.4) is 0 Å². The number of rotatable bonds is 8. The molecule has 27 heavy (non-hydrogen) atoms. The van der Waals surface area contributed by atoms with Gasteiger partial charge in [-0.3, -0.25) is 4.79 Å². The fraction of sp³-hybridized carbons (Fsp3) is 0.870. The Kier molecular flexibility index (Phi) is 11.6. The van der Waals surface area contributed by atoms with Crippen molar-refractivity contribution in [3.05, 3.63) is 12.3 Å². The predicted octanol–water partition coefficient (Wildman–Crippen LogP) is 5.23. The Labute approximate surface area is 166 Å². The van der Waals surface area contributed by atoms with Crippen LogP contribution in [0, 0.1) is 0 Å². The Hall–Kier alpha value is -1.03. The molecule has 0 aromatic heterocycles. The van der Waals surface area contributed by atoms with Gasteiger partial charge in [-0.2, -0.15) is 0 Å². The molecule has 2 aliphatic rings. The molecule has 0 aromatic rings. The minimum Gasteiger partial charge on any atom is -0.386 e. The highest BCUT2D eigenvalue weighted by molar-refractivity contribution is 5.77. The fourth-order valence-electron chi connectivity index (χ4n) is 4.32. The molecule has 2 aliphatic carbocycles. The molecule has 4 heteroatoms.